The number of hydrogen-bond donors (Lipinski definition) is 2. The Labute approximate surface area is 119 Å². The highest BCUT2D eigenvalue weighted by molar-refractivity contribution is 5.89. The third kappa shape index (κ3) is 2.71. The number of aryl methyl sites for hydroxylation is 1. The van der Waals surface area contributed by atoms with Crippen LogP contribution in [0.25, 0.3) is 11.1 Å². The van der Waals surface area contributed by atoms with E-state index in [9.17, 15) is 19.1 Å². The first kappa shape index (κ1) is 14.9. The van der Waals surface area contributed by atoms with Gasteiger partial charge in [-0.15, -0.1) is 0 Å². The number of benzene rings is 1. The van der Waals surface area contributed by atoms with Crippen LogP contribution in [0.4, 0.5) is 4.39 Å². The Morgan fingerprint density at radius 1 is 1.29 bits per heavy atom. The van der Waals surface area contributed by atoms with Crippen molar-refractivity contribution in [2.24, 2.45) is 0 Å². The quantitative estimate of drug-likeness (QED) is 0.901. The Morgan fingerprint density at radius 3 is 2.38 bits per heavy atom. The summed E-state index contributed by atoms with van der Waals surface area (Å²) in [5.74, 6) is -1.80. The third-order valence-corrected chi connectivity index (χ3v) is 3.25. The average molecular weight is 291 g/mol. The number of aliphatic hydroxyl groups excluding tert-OH is 1. The molecule has 0 saturated carbocycles. The van der Waals surface area contributed by atoms with Crippen molar-refractivity contribution < 1.29 is 19.4 Å². The molecule has 1 aromatic carbocycles. The molecule has 0 radical (unpaired) electrons. The van der Waals surface area contributed by atoms with Crippen molar-refractivity contribution in [2.45, 2.75) is 20.1 Å². The minimum atomic E-state index is -1.34. The van der Waals surface area contributed by atoms with Crippen LogP contribution in [0, 0.1) is 5.82 Å². The van der Waals surface area contributed by atoms with Crippen molar-refractivity contribution in [3.05, 3.63) is 57.8 Å². The topological polar surface area (TPSA) is 79.5 Å². The van der Waals surface area contributed by atoms with E-state index in [1.807, 2.05) is 0 Å². The first-order valence-corrected chi connectivity index (χ1v) is 6.36. The van der Waals surface area contributed by atoms with Gasteiger partial charge in [-0.3, -0.25) is 4.79 Å². The maximum Gasteiger partial charge on any atom is 0.341 e. The van der Waals surface area contributed by atoms with E-state index < -0.39 is 23.8 Å². The van der Waals surface area contributed by atoms with E-state index in [1.54, 1.807) is 6.92 Å². The van der Waals surface area contributed by atoms with Gasteiger partial charge in [0.25, 0.3) is 0 Å². The van der Waals surface area contributed by atoms with Crippen molar-refractivity contribution in [2.75, 3.05) is 0 Å². The molecule has 6 heteroatoms. The second-order valence-corrected chi connectivity index (χ2v) is 4.45. The Kier molecular flexibility index (Phi) is 4.18. The normalized spacial score (nSPS) is 10.6. The summed E-state index contributed by atoms with van der Waals surface area (Å²) >= 11 is 0. The van der Waals surface area contributed by atoms with Gasteiger partial charge in [-0.1, -0.05) is 12.1 Å². The largest absolute Gasteiger partial charge is 0.477 e. The van der Waals surface area contributed by atoms with Gasteiger partial charge in [-0.25, -0.2) is 9.18 Å². The van der Waals surface area contributed by atoms with Gasteiger partial charge in [0.15, 0.2) is 0 Å². The van der Waals surface area contributed by atoms with E-state index in [1.165, 1.54) is 35.0 Å². The predicted octanol–water partition coefficient (Wildman–Crippen LogP) is 1.86. The van der Waals surface area contributed by atoms with Crippen molar-refractivity contribution in [3.8, 4) is 11.1 Å². The van der Waals surface area contributed by atoms with Crippen LogP contribution in [-0.4, -0.2) is 20.7 Å². The number of aromatic nitrogens is 1. The number of rotatable bonds is 4. The highest BCUT2D eigenvalue weighted by atomic mass is 19.1. The lowest BCUT2D eigenvalue weighted by atomic mass is 10.0. The molecule has 0 aliphatic carbocycles. The van der Waals surface area contributed by atoms with Gasteiger partial charge in [0, 0.05) is 12.7 Å². The van der Waals surface area contributed by atoms with E-state index >= 15 is 0 Å². The van der Waals surface area contributed by atoms with E-state index in [2.05, 4.69) is 0 Å². The first-order chi connectivity index (χ1) is 9.99. The number of carboxylic acids is 1. The van der Waals surface area contributed by atoms with Crippen LogP contribution in [-0.2, 0) is 13.2 Å². The maximum absolute atomic E-state index is 13.0. The van der Waals surface area contributed by atoms with E-state index in [0.29, 0.717) is 17.8 Å². The first-order valence-electron chi connectivity index (χ1n) is 6.36. The Balaban J connectivity index is 2.84. The molecule has 2 aromatic rings. The number of pyridine rings is 1. The van der Waals surface area contributed by atoms with Gasteiger partial charge < -0.3 is 14.8 Å². The van der Waals surface area contributed by atoms with Crippen molar-refractivity contribution >= 4 is 5.97 Å². The summed E-state index contributed by atoms with van der Waals surface area (Å²) in [7, 11) is 0. The molecule has 1 heterocycles. The second kappa shape index (κ2) is 5.88. The highest BCUT2D eigenvalue weighted by Gasteiger charge is 2.19. The molecule has 0 spiro atoms. The summed E-state index contributed by atoms with van der Waals surface area (Å²) in [6, 6.07) is 5.13. The van der Waals surface area contributed by atoms with Crippen LogP contribution in [0.3, 0.4) is 0 Å². The van der Waals surface area contributed by atoms with Crippen molar-refractivity contribution in [1.82, 2.24) is 4.57 Å². The fourth-order valence-electron chi connectivity index (χ4n) is 2.22. The fourth-order valence-corrected chi connectivity index (χ4v) is 2.22. The molecule has 0 atom stereocenters. The Bertz CT molecular complexity index is 735. The molecule has 0 unspecified atom stereocenters. The van der Waals surface area contributed by atoms with E-state index in [4.69, 9.17) is 5.11 Å². The lowest BCUT2D eigenvalue weighted by molar-refractivity contribution is 0.0694. The van der Waals surface area contributed by atoms with E-state index in [-0.39, 0.29) is 11.1 Å². The molecule has 110 valence electrons. The molecule has 0 bridgehead atoms. The SMILES string of the molecule is CCn1cc(C(=O)O)c(=O)c(-c2ccc(F)cc2)c1CO. The van der Waals surface area contributed by atoms with Gasteiger partial charge in [-0.2, -0.15) is 0 Å². The number of hydrogen-bond acceptors (Lipinski definition) is 3. The summed E-state index contributed by atoms with van der Waals surface area (Å²) in [4.78, 5) is 23.5. The smallest absolute Gasteiger partial charge is 0.341 e. The lowest BCUT2D eigenvalue weighted by Crippen LogP contribution is -2.23. The van der Waals surface area contributed by atoms with Gasteiger partial charge in [0.05, 0.1) is 17.9 Å². The zero-order valence-corrected chi connectivity index (χ0v) is 11.3. The zero-order chi connectivity index (χ0) is 15.6. The van der Waals surface area contributed by atoms with Crippen LogP contribution >= 0.6 is 0 Å². The van der Waals surface area contributed by atoms with Gasteiger partial charge in [0.1, 0.15) is 11.4 Å². The van der Waals surface area contributed by atoms with Crippen LogP contribution in [0.2, 0.25) is 0 Å². The Hall–Kier alpha value is -2.47. The number of carboxylic acid groups (broad SMARTS) is 1. The third-order valence-electron chi connectivity index (χ3n) is 3.25. The van der Waals surface area contributed by atoms with Gasteiger partial charge in [-0.05, 0) is 24.6 Å². The second-order valence-electron chi connectivity index (χ2n) is 4.45. The molecule has 0 fully saturated rings. The maximum atomic E-state index is 13.0. The monoisotopic (exact) mass is 291 g/mol. The molecule has 2 N–H and O–H groups in total. The highest BCUT2D eigenvalue weighted by Crippen LogP contribution is 2.22. The van der Waals surface area contributed by atoms with Crippen LogP contribution in [0.1, 0.15) is 23.0 Å². The summed E-state index contributed by atoms with van der Waals surface area (Å²) < 4.78 is 14.5. The van der Waals surface area contributed by atoms with E-state index in [0.717, 1.165) is 0 Å². The zero-order valence-electron chi connectivity index (χ0n) is 11.3. The predicted molar refractivity (Wildman–Crippen MR) is 74.7 cm³/mol. The summed E-state index contributed by atoms with van der Waals surface area (Å²) in [6.07, 6.45) is 1.21. The van der Waals surface area contributed by atoms with Crippen LogP contribution in [0.15, 0.2) is 35.3 Å². The van der Waals surface area contributed by atoms with Crippen LogP contribution < -0.4 is 5.43 Å². The molecular weight excluding hydrogens is 277 g/mol. The van der Waals surface area contributed by atoms with Crippen LogP contribution in [0.5, 0.6) is 0 Å². The number of nitrogens with zero attached hydrogens (tertiary/aromatic N) is 1. The fraction of sp³-hybridized carbons (Fsp3) is 0.200. The molecule has 21 heavy (non-hydrogen) atoms. The molecular formula is C15H14FNO4. The number of halogens is 1. The summed E-state index contributed by atoms with van der Waals surface area (Å²) in [5, 5.41) is 18.6. The van der Waals surface area contributed by atoms with Gasteiger partial charge in [0.2, 0.25) is 5.43 Å². The number of carbonyl (C=O) groups is 1. The minimum Gasteiger partial charge on any atom is -0.477 e. The molecule has 2 rings (SSSR count). The lowest BCUT2D eigenvalue weighted by Gasteiger charge is -2.15. The molecule has 5 nitrogen and oxygen atoms in total. The molecule has 1 aromatic heterocycles. The van der Waals surface area contributed by atoms with Crippen molar-refractivity contribution in [1.29, 1.82) is 0 Å². The summed E-state index contributed by atoms with van der Waals surface area (Å²) in [6.45, 7) is 1.74. The molecule has 0 saturated heterocycles. The summed E-state index contributed by atoms with van der Waals surface area (Å²) in [5.41, 5.74) is -0.314. The number of aliphatic hydroxyl groups is 1. The molecule has 0 aliphatic heterocycles. The van der Waals surface area contributed by atoms with Gasteiger partial charge >= 0.3 is 5.97 Å². The van der Waals surface area contributed by atoms with Crippen molar-refractivity contribution in [3.63, 3.8) is 0 Å². The molecule has 0 amide bonds. The minimum absolute atomic E-state index is 0.0826. The average Bonchev–Trinajstić information content (AvgIpc) is 2.47. The molecule has 0 aliphatic rings. The Morgan fingerprint density at radius 2 is 1.90 bits per heavy atom. The standard InChI is InChI=1S/C15H14FNO4/c1-2-17-7-11(15(20)21)14(19)13(12(17)8-18)9-3-5-10(16)6-4-9/h3-7,18H,2,8H2,1H3,(H,20,21). The number of aromatic carboxylic acids is 1.